The maximum absolute atomic E-state index is 12.6. The predicted octanol–water partition coefficient (Wildman–Crippen LogP) is 3.81. The van der Waals surface area contributed by atoms with Gasteiger partial charge in [-0.1, -0.05) is 48.1 Å². The lowest BCUT2D eigenvalue weighted by Crippen LogP contribution is -2.34. The van der Waals surface area contributed by atoms with Gasteiger partial charge in [-0.3, -0.25) is 10.1 Å². The van der Waals surface area contributed by atoms with E-state index in [-0.39, 0.29) is 21.9 Å². The Balaban J connectivity index is 1.35. The molecule has 4 rings (SSSR count). The second-order valence-electron chi connectivity index (χ2n) is 8.38. The maximum atomic E-state index is 12.6. The van der Waals surface area contributed by atoms with Gasteiger partial charge in [-0.2, -0.15) is 0 Å². The molecule has 0 spiro atoms. The van der Waals surface area contributed by atoms with Crippen molar-refractivity contribution in [1.29, 1.82) is 0 Å². The van der Waals surface area contributed by atoms with Gasteiger partial charge in [-0.15, -0.1) is 10.2 Å². The number of benzene rings is 2. The summed E-state index contributed by atoms with van der Waals surface area (Å²) < 4.78 is 27.7. The minimum atomic E-state index is -3.85. The van der Waals surface area contributed by atoms with E-state index in [1.54, 1.807) is 18.2 Å². The Kier molecular flexibility index (Phi) is 7.06. The van der Waals surface area contributed by atoms with Crippen LogP contribution in [0.5, 0.6) is 0 Å². The second-order valence-corrected chi connectivity index (χ2v) is 11.3. The van der Waals surface area contributed by atoms with Crippen LogP contribution in [0.1, 0.15) is 41.3 Å². The van der Waals surface area contributed by atoms with E-state index in [2.05, 4.69) is 32.1 Å². The minimum absolute atomic E-state index is 0.127. The predicted molar refractivity (Wildman–Crippen MR) is 130 cm³/mol. The summed E-state index contributed by atoms with van der Waals surface area (Å²) in [6, 6.07) is 15.0. The van der Waals surface area contributed by atoms with E-state index in [1.807, 2.05) is 37.3 Å². The van der Waals surface area contributed by atoms with Crippen molar-refractivity contribution in [3.05, 3.63) is 65.2 Å². The van der Waals surface area contributed by atoms with Crippen molar-refractivity contribution in [3.8, 4) is 0 Å². The number of hydrogen-bond acceptors (Lipinski definition) is 7. The molecule has 1 amide bonds. The third-order valence-corrected chi connectivity index (χ3v) is 8.17. The van der Waals surface area contributed by atoms with Gasteiger partial charge in [-0.25, -0.2) is 13.1 Å². The Morgan fingerprint density at radius 2 is 1.97 bits per heavy atom. The molecular weight excluding hydrogens is 458 g/mol. The highest BCUT2D eigenvalue weighted by molar-refractivity contribution is 7.91. The summed E-state index contributed by atoms with van der Waals surface area (Å²) in [5.74, 6) is 0.318. The van der Waals surface area contributed by atoms with Crippen molar-refractivity contribution < 1.29 is 13.2 Å². The molecule has 3 aromatic rings. The summed E-state index contributed by atoms with van der Waals surface area (Å²) >= 11 is 0.812. The minimum Gasteiger partial charge on any atom is -0.371 e. The van der Waals surface area contributed by atoms with Crippen molar-refractivity contribution in [1.82, 2.24) is 14.9 Å². The zero-order chi connectivity index (χ0) is 23.4. The van der Waals surface area contributed by atoms with Crippen LogP contribution < -0.4 is 14.9 Å². The van der Waals surface area contributed by atoms with Gasteiger partial charge in [-0.05, 0) is 55.5 Å². The number of rotatable bonds is 7. The number of anilines is 2. The number of aryl methyl sites for hydroxylation is 1. The molecule has 0 aliphatic carbocycles. The Hall–Kier alpha value is -2.82. The third kappa shape index (κ3) is 5.95. The number of nitrogens with zero attached hydrogens (tertiary/aromatic N) is 3. The number of piperidine rings is 1. The fraction of sp³-hybridized carbons (Fsp3) is 0.348. The lowest BCUT2D eigenvalue weighted by Gasteiger charge is -2.32. The molecule has 1 aliphatic heterocycles. The normalized spacial score (nSPS) is 16.5. The largest absolute Gasteiger partial charge is 0.371 e. The highest BCUT2D eigenvalue weighted by Gasteiger charge is 2.21. The zero-order valence-electron chi connectivity index (χ0n) is 18.6. The van der Waals surface area contributed by atoms with Gasteiger partial charge in [0, 0.05) is 30.9 Å². The van der Waals surface area contributed by atoms with Crippen molar-refractivity contribution in [2.24, 2.45) is 5.92 Å². The lowest BCUT2D eigenvalue weighted by molar-refractivity contribution is 0.102. The van der Waals surface area contributed by atoms with Crippen LogP contribution in [0.3, 0.4) is 0 Å². The van der Waals surface area contributed by atoms with Crippen molar-refractivity contribution in [2.45, 2.75) is 37.6 Å². The van der Waals surface area contributed by atoms with Gasteiger partial charge in [0.1, 0.15) is 0 Å². The SMILES string of the molecule is Cc1cccc(C(=O)Nc2nnc(S(=O)(=O)NCc3ccc(N4CCCC(C)C4)cc3)s2)c1. The first-order valence-corrected chi connectivity index (χ1v) is 13.2. The summed E-state index contributed by atoms with van der Waals surface area (Å²) in [5, 5.41) is 10.3. The van der Waals surface area contributed by atoms with Crippen LogP contribution in [-0.2, 0) is 16.6 Å². The molecule has 1 atom stereocenters. The molecule has 1 saturated heterocycles. The molecule has 0 bridgehead atoms. The van der Waals surface area contributed by atoms with Crippen LogP contribution in [0.2, 0.25) is 0 Å². The average Bonchev–Trinajstić information content (AvgIpc) is 3.28. The van der Waals surface area contributed by atoms with Crippen molar-refractivity contribution in [2.75, 3.05) is 23.3 Å². The molecule has 10 heteroatoms. The molecule has 2 heterocycles. The molecule has 1 aliphatic rings. The molecule has 2 N–H and O–H groups in total. The first-order valence-electron chi connectivity index (χ1n) is 10.9. The van der Waals surface area contributed by atoms with Gasteiger partial charge in [0.15, 0.2) is 0 Å². The highest BCUT2D eigenvalue weighted by atomic mass is 32.2. The van der Waals surface area contributed by atoms with Crippen LogP contribution in [0, 0.1) is 12.8 Å². The van der Waals surface area contributed by atoms with E-state index < -0.39 is 10.0 Å². The van der Waals surface area contributed by atoms with Crippen LogP contribution in [-0.4, -0.2) is 37.6 Å². The molecule has 1 aromatic heterocycles. The number of carbonyl (C=O) groups excluding carboxylic acids is 1. The van der Waals surface area contributed by atoms with Gasteiger partial charge >= 0.3 is 0 Å². The van der Waals surface area contributed by atoms with Gasteiger partial charge in [0.2, 0.25) is 9.47 Å². The smallest absolute Gasteiger partial charge is 0.270 e. The molecule has 1 unspecified atom stereocenters. The molecule has 33 heavy (non-hydrogen) atoms. The van der Waals surface area contributed by atoms with Crippen LogP contribution in [0.25, 0.3) is 0 Å². The lowest BCUT2D eigenvalue weighted by atomic mass is 9.99. The van der Waals surface area contributed by atoms with Crippen LogP contribution in [0.15, 0.2) is 52.9 Å². The van der Waals surface area contributed by atoms with Crippen molar-refractivity contribution >= 4 is 38.1 Å². The molecule has 0 radical (unpaired) electrons. The standard InChI is InChI=1S/C23H27N5O3S2/c1-16-5-3-7-19(13-16)21(29)25-22-26-27-23(32-22)33(30,31)24-14-18-8-10-20(11-9-18)28-12-4-6-17(2)15-28/h3,5,7-11,13,17,24H,4,6,12,14-15H2,1-2H3,(H,25,26,29). The summed E-state index contributed by atoms with van der Waals surface area (Å²) in [6.07, 6.45) is 2.46. The van der Waals surface area contributed by atoms with E-state index in [4.69, 9.17) is 0 Å². The fourth-order valence-electron chi connectivity index (χ4n) is 3.81. The summed E-state index contributed by atoms with van der Waals surface area (Å²) in [6.45, 7) is 6.40. The summed E-state index contributed by atoms with van der Waals surface area (Å²) in [7, 11) is -3.85. The Bertz CT molecular complexity index is 1220. The molecule has 2 aromatic carbocycles. The van der Waals surface area contributed by atoms with E-state index >= 15 is 0 Å². The quantitative estimate of drug-likeness (QED) is 0.493. The average molecular weight is 486 g/mol. The number of hydrogen-bond donors (Lipinski definition) is 2. The topological polar surface area (TPSA) is 104 Å². The van der Waals surface area contributed by atoms with E-state index in [0.29, 0.717) is 11.5 Å². The van der Waals surface area contributed by atoms with Gasteiger partial charge in [0.05, 0.1) is 0 Å². The fourth-order valence-corrected chi connectivity index (χ4v) is 5.77. The Labute approximate surface area is 198 Å². The third-order valence-electron chi connectivity index (χ3n) is 5.56. The van der Waals surface area contributed by atoms with E-state index in [0.717, 1.165) is 41.2 Å². The Morgan fingerprint density at radius 1 is 1.18 bits per heavy atom. The van der Waals surface area contributed by atoms with Crippen molar-refractivity contribution in [3.63, 3.8) is 0 Å². The number of aromatic nitrogens is 2. The zero-order valence-corrected chi connectivity index (χ0v) is 20.2. The molecule has 0 saturated carbocycles. The second kappa shape index (κ2) is 9.98. The van der Waals surface area contributed by atoms with Crippen LogP contribution in [0.4, 0.5) is 10.8 Å². The number of amides is 1. The first kappa shape index (κ1) is 23.3. The van der Waals surface area contributed by atoms with E-state index in [9.17, 15) is 13.2 Å². The van der Waals surface area contributed by atoms with Gasteiger partial charge < -0.3 is 4.90 Å². The summed E-state index contributed by atoms with van der Waals surface area (Å²) in [4.78, 5) is 14.7. The Morgan fingerprint density at radius 3 is 2.70 bits per heavy atom. The number of nitrogens with one attached hydrogen (secondary N) is 2. The number of sulfonamides is 1. The molecule has 8 nitrogen and oxygen atoms in total. The van der Waals surface area contributed by atoms with Crippen LogP contribution >= 0.6 is 11.3 Å². The maximum Gasteiger partial charge on any atom is 0.270 e. The molecule has 174 valence electrons. The van der Waals surface area contributed by atoms with E-state index in [1.165, 1.54) is 12.8 Å². The monoisotopic (exact) mass is 485 g/mol. The molecule has 1 fully saturated rings. The van der Waals surface area contributed by atoms with Gasteiger partial charge in [0.25, 0.3) is 15.9 Å². The number of carbonyl (C=O) groups is 1. The summed E-state index contributed by atoms with van der Waals surface area (Å²) in [5.41, 5.74) is 3.43. The molecular formula is C23H27N5O3S2. The highest BCUT2D eigenvalue weighted by Crippen LogP contribution is 2.24. The first-order chi connectivity index (χ1) is 15.8.